The number of nitrogens with one attached hydrogen (secondary N) is 2. The molecule has 168 valence electrons. The van der Waals surface area contributed by atoms with Crippen molar-refractivity contribution in [1.29, 1.82) is 0 Å². The summed E-state index contributed by atoms with van der Waals surface area (Å²) < 4.78 is 78.2. The third-order valence-electron chi connectivity index (χ3n) is 5.34. The molecule has 10 heteroatoms. The van der Waals surface area contributed by atoms with Gasteiger partial charge in [-0.1, -0.05) is 24.3 Å². The maximum Gasteiger partial charge on any atom is 0.416 e. The normalized spacial score (nSPS) is 18.7. The van der Waals surface area contributed by atoms with Gasteiger partial charge in [0, 0.05) is 24.2 Å². The van der Waals surface area contributed by atoms with Crippen molar-refractivity contribution in [3.63, 3.8) is 0 Å². The molecule has 0 aliphatic heterocycles. The zero-order chi connectivity index (χ0) is 23.0. The number of benzene rings is 2. The average molecular weight is 461 g/mol. The van der Waals surface area contributed by atoms with Crippen molar-refractivity contribution < 1.29 is 26.3 Å². The van der Waals surface area contributed by atoms with Gasteiger partial charge >= 0.3 is 12.4 Å². The Morgan fingerprint density at radius 2 is 1.58 bits per heavy atom. The molecule has 1 aliphatic carbocycles. The molecule has 0 saturated carbocycles. The van der Waals surface area contributed by atoms with Crippen LogP contribution in [0.1, 0.15) is 28.2 Å². The van der Waals surface area contributed by atoms with Crippen molar-refractivity contribution in [1.82, 2.24) is 10.2 Å². The molecule has 0 unspecified atom stereocenters. The Bertz CT molecular complexity index is 923. The molecule has 31 heavy (non-hydrogen) atoms. The maximum absolute atomic E-state index is 13.0. The Kier molecular flexibility index (Phi) is 6.52. The van der Waals surface area contributed by atoms with Crippen LogP contribution in [0.5, 0.6) is 0 Å². The lowest BCUT2D eigenvalue weighted by atomic mass is 9.97. The molecule has 0 spiro atoms. The topological polar surface area (TPSA) is 27.3 Å². The Morgan fingerprint density at radius 3 is 2.13 bits per heavy atom. The molecule has 2 atom stereocenters. The van der Waals surface area contributed by atoms with Crippen molar-refractivity contribution >= 4 is 23.0 Å². The van der Waals surface area contributed by atoms with Gasteiger partial charge in [0.1, 0.15) is 0 Å². The van der Waals surface area contributed by atoms with Crippen LogP contribution < -0.4 is 10.6 Å². The van der Waals surface area contributed by atoms with Crippen LogP contribution in [0.2, 0.25) is 0 Å². The minimum absolute atomic E-state index is 0.0469. The standard InChI is InChI=1S/C21H21F6N3S/c1-30(2)18-7-12-5-3-4-6-16(12)17(18)11-28-19(31)29-15-9-13(20(22,23)24)8-14(10-15)21(25,26)27/h3-6,8-10,17-18H,7,11H2,1-2H3,(H2,28,29,31)/t17-,18-/m1/s1. The van der Waals surface area contributed by atoms with Gasteiger partial charge in [-0.2, -0.15) is 26.3 Å². The van der Waals surface area contributed by atoms with Crippen molar-refractivity contribution in [3.05, 3.63) is 64.7 Å². The second kappa shape index (κ2) is 8.66. The molecule has 2 N–H and O–H groups in total. The van der Waals surface area contributed by atoms with E-state index in [9.17, 15) is 26.3 Å². The van der Waals surface area contributed by atoms with E-state index in [-0.39, 0.29) is 28.8 Å². The van der Waals surface area contributed by atoms with Crippen molar-refractivity contribution in [2.75, 3.05) is 26.0 Å². The van der Waals surface area contributed by atoms with E-state index in [1.54, 1.807) is 0 Å². The first-order valence-corrected chi connectivity index (χ1v) is 9.85. The lowest BCUT2D eigenvalue weighted by Gasteiger charge is -2.27. The molecular weight excluding hydrogens is 440 g/mol. The summed E-state index contributed by atoms with van der Waals surface area (Å²) in [6, 6.07) is 9.44. The fourth-order valence-electron chi connectivity index (χ4n) is 3.85. The van der Waals surface area contributed by atoms with E-state index in [0.29, 0.717) is 18.7 Å². The number of fused-ring (bicyclic) bond motifs is 1. The zero-order valence-corrected chi connectivity index (χ0v) is 17.6. The van der Waals surface area contributed by atoms with Gasteiger partial charge in [-0.15, -0.1) is 0 Å². The van der Waals surface area contributed by atoms with Gasteiger partial charge < -0.3 is 15.5 Å². The fourth-order valence-corrected chi connectivity index (χ4v) is 4.05. The lowest BCUT2D eigenvalue weighted by molar-refractivity contribution is -0.143. The molecule has 0 fully saturated rings. The highest BCUT2D eigenvalue weighted by Crippen LogP contribution is 2.38. The molecule has 0 amide bonds. The molecule has 3 rings (SSSR count). The molecular formula is C21H21F6N3S. The van der Waals surface area contributed by atoms with Crippen LogP contribution >= 0.6 is 12.2 Å². The van der Waals surface area contributed by atoms with Gasteiger partial charge in [-0.3, -0.25) is 0 Å². The Labute approximate surface area is 181 Å². The van der Waals surface area contributed by atoms with Crippen LogP contribution in [-0.2, 0) is 18.8 Å². The van der Waals surface area contributed by atoms with Crippen molar-refractivity contribution in [3.8, 4) is 0 Å². The second-order valence-corrected chi connectivity index (χ2v) is 8.08. The van der Waals surface area contributed by atoms with Crippen molar-refractivity contribution in [2.24, 2.45) is 0 Å². The monoisotopic (exact) mass is 461 g/mol. The summed E-state index contributed by atoms with van der Waals surface area (Å²) in [4.78, 5) is 2.09. The number of rotatable bonds is 4. The Balaban J connectivity index is 1.75. The first kappa shape index (κ1) is 23.3. The van der Waals surface area contributed by atoms with Crippen LogP contribution in [0.15, 0.2) is 42.5 Å². The van der Waals surface area contributed by atoms with Gasteiger partial charge in [-0.05, 0) is 62.1 Å². The van der Waals surface area contributed by atoms with Gasteiger partial charge in [-0.25, -0.2) is 0 Å². The summed E-state index contributed by atoms with van der Waals surface area (Å²) in [5.41, 5.74) is -0.819. The highest BCUT2D eigenvalue weighted by atomic mass is 32.1. The third-order valence-corrected chi connectivity index (χ3v) is 5.59. The van der Waals surface area contributed by atoms with E-state index in [2.05, 4.69) is 15.5 Å². The second-order valence-electron chi connectivity index (χ2n) is 7.67. The van der Waals surface area contributed by atoms with E-state index in [4.69, 9.17) is 12.2 Å². The average Bonchev–Trinajstić information content (AvgIpc) is 3.04. The minimum atomic E-state index is -4.92. The van der Waals surface area contributed by atoms with Crippen LogP contribution in [-0.4, -0.2) is 36.7 Å². The number of hydrogen-bond donors (Lipinski definition) is 2. The summed E-state index contributed by atoms with van der Waals surface area (Å²) >= 11 is 5.15. The van der Waals surface area contributed by atoms with Crippen molar-refractivity contribution in [2.45, 2.75) is 30.7 Å². The first-order chi connectivity index (χ1) is 14.4. The molecule has 2 aromatic carbocycles. The van der Waals surface area contributed by atoms with Crippen LogP contribution in [0, 0.1) is 0 Å². The van der Waals surface area contributed by atoms with Crippen LogP contribution in [0.4, 0.5) is 32.0 Å². The SMILES string of the molecule is CN(C)[C@@H]1Cc2ccccc2[C@H]1CNC(=S)Nc1cc(C(F)(F)F)cc(C(F)(F)F)c1. The van der Waals surface area contributed by atoms with Crippen LogP contribution in [0.25, 0.3) is 0 Å². The highest BCUT2D eigenvalue weighted by Gasteiger charge is 2.37. The molecule has 0 bridgehead atoms. The predicted molar refractivity (Wildman–Crippen MR) is 111 cm³/mol. The molecule has 2 aromatic rings. The van der Waals surface area contributed by atoms with E-state index in [0.717, 1.165) is 12.0 Å². The molecule has 0 heterocycles. The predicted octanol–water partition coefficient (Wildman–Crippen LogP) is 5.28. The van der Waals surface area contributed by atoms with E-state index >= 15 is 0 Å². The molecule has 0 radical (unpaired) electrons. The summed E-state index contributed by atoms with van der Waals surface area (Å²) in [5, 5.41) is 5.37. The Hall–Kier alpha value is -2.33. The van der Waals surface area contributed by atoms with E-state index < -0.39 is 23.5 Å². The fraction of sp³-hybridized carbons (Fsp3) is 0.381. The number of hydrogen-bond acceptors (Lipinski definition) is 2. The number of likely N-dealkylation sites (N-methyl/N-ethyl adjacent to an activating group) is 1. The van der Waals surface area contributed by atoms with E-state index in [1.807, 2.05) is 38.4 Å². The summed E-state index contributed by atoms with van der Waals surface area (Å²) in [6.07, 6.45) is -8.99. The smallest absolute Gasteiger partial charge is 0.362 e. The van der Waals surface area contributed by atoms with Gasteiger partial charge in [0.05, 0.1) is 11.1 Å². The van der Waals surface area contributed by atoms with Crippen LogP contribution in [0.3, 0.4) is 0 Å². The molecule has 0 saturated heterocycles. The number of halogens is 6. The quantitative estimate of drug-likeness (QED) is 0.479. The highest BCUT2D eigenvalue weighted by molar-refractivity contribution is 7.80. The lowest BCUT2D eigenvalue weighted by Crippen LogP contribution is -2.39. The van der Waals surface area contributed by atoms with Gasteiger partial charge in [0.15, 0.2) is 5.11 Å². The zero-order valence-electron chi connectivity index (χ0n) is 16.7. The first-order valence-electron chi connectivity index (χ1n) is 9.45. The van der Waals surface area contributed by atoms with Gasteiger partial charge in [0.25, 0.3) is 0 Å². The summed E-state index contributed by atoms with van der Waals surface area (Å²) in [7, 11) is 3.92. The minimum Gasteiger partial charge on any atom is -0.362 e. The third kappa shape index (κ3) is 5.48. The number of anilines is 1. The Morgan fingerprint density at radius 1 is 1.00 bits per heavy atom. The summed E-state index contributed by atoms with van der Waals surface area (Å²) in [6.45, 7) is 0.386. The molecule has 0 aromatic heterocycles. The largest absolute Gasteiger partial charge is 0.416 e. The van der Waals surface area contributed by atoms with Gasteiger partial charge in [0.2, 0.25) is 0 Å². The molecule has 3 nitrogen and oxygen atoms in total. The summed E-state index contributed by atoms with van der Waals surface area (Å²) in [5.74, 6) is 0.0678. The molecule has 1 aliphatic rings. The number of thiocarbonyl (C=S) groups is 1. The maximum atomic E-state index is 13.0. The number of nitrogens with zero attached hydrogens (tertiary/aromatic N) is 1. The van der Waals surface area contributed by atoms with E-state index in [1.165, 1.54) is 5.56 Å². The number of alkyl halides is 6.